The van der Waals surface area contributed by atoms with Gasteiger partial charge in [0.25, 0.3) is 5.91 Å². The molecule has 1 unspecified atom stereocenters. The Bertz CT molecular complexity index is 1110. The quantitative estimate of drug-likeness (QED) is 0.399. The molecule has 0 saturated carbocycles. The van der Waals surface area contributed by atoms with Crippen molar-refractivity contribution in [2.24, 2.45) is 5.92 Å². The van der Waals surface area contributed by atoms with Gasteiger partial charge < -0.3 is 24.1 Å². The fraction of sp³-hybridized carbons (Fsp3) is 0.375. The van der Waals surface area contributed by atoms with Crippen molar-refractivity contribution >= 4 is 23.6 Å². The Labute approximate surface area is 187 Å². The van der Waals surface area contributed by atoms with Crippen LogP contribution in [0, 0.1) is 31.1 Å². The fourth-order valence-electron chi connectivity index (χ4n) is 3.41. The number of hydrogen-bond acceptors (Lipinski definition) is 6. The highest BCUT2D eigenvalue weighted by Gasteiger charge is 2.22. The number of esters is 1. The van der Waals surface area contributed by atoms with E-state index in [1.165, 1.54) is 13.0 Å². The lowest BCUT2D eigenvalue weighted by Gasteiger charge is -2.13. The molecule has 0 fully saturated rings. The van der Waals surface area contributed by atoms with Crippen molar-refractivity contribution < 1.29 is 23.8 Å². The van der Waals surface area contributed by atoms with Crippen molar-refractivity contribution in [3.05, 3.63) is 46.8 Å². The standard InChI is InChI=1S/C24H27N3O5/c1-14(2)12-27-15(3)8-18(16(27)4)9-19(11-25)24(29)32-17(5)23(28)26-20-6-7-21-22(10-20)31-13-30-21/h6-10,14,17H,12-13H2,1-5H3,(H,26,28)/b19-9+. The first-order chi connectivity index (χ1) is 15.2. The number of aromatic nitrogens is 1. The number of carbonyl (C=O) groups excluding carboxylic acids is 2. The number of nitrogens with zero attached hydrogens (tertiary/aromatic N) is 2. The Morgan fingerprint density at radius 2 is 1.94 bits per heavy atom. The van der Waals surface area contributed by atoms with Crippen LogP contribution in [0.4, 0.5) is 5.69 Å². The van der Waals surface area contributed by atoms with Gasteiger partial charge in [0.05, 0.1) is 0 Å². The van der Waals surface area contributed by atoms with E-state index in [0.29, 0.717) is 23.1 Å². The third-order valence-electron chi connectivity index (χ3n) is 5.09. The summed E-state index contributed by atoms with van der Waals surface area (Å²) < 4.78 is 17.9. The maximum Gasteiger partial charge on any atom is 0.349 e. The Balaban J connectivity index is 1.68. The van der Waals surface area contributed by atoms with Gasteiger partial charge >= 0.3 is 5.97 Å². The van der Waals surface area contributed by atoms with Gasteiger partial charge in [-0.2, -0.15) is 5.26 Å². The number of nitriles is 1. The fourth-order valence-corrected chi connectivity index (χ4v) is 3.41. The van der Waals surface area contributed by atoms with Crippen LogP contribution in [0.5, 0.6) is 11.5 Å². The minimum Gasteiger partial charge on any atom is -0.454 e. The molecule has 8 heteroatoms. The van der Waals surface area contributed by atoms with Crippen LogP contribution in [-0.2, 0) is 20.9 Å². The van der Waals surface area contributed by atoms with E-state index in [-0.39, 0.29) is 12.4 Å². The molecule has 8 nitrogen and oxygen atoms in total. The molecule has 1 aromatic heterocycles. The number of anilines is 1. The minimum absolute atomic E-state index is 0.129. The van der Waals surface area contributed by atoms with Gasteiger partial charge in [-0.1, -0.05) is 13.8 Å². The highest BCUT2D eigenvalue weighted by Crippen LogP contribution is 2.34. The van der Waals surface area contributed by atoms with Gasteiger partial charge in [-0.3, -0.25) is 4.79 Å². The summed E-state index contributed by atoms with van der Waals surface area (Å²) in [6, 6.07) is 8.78. The molecule has 1 N–H and O–H groups in total. The smallest absolute Gasteiger partial charge is 0.349 e. The lowest BCUT2D eigenvalue weighted by Crippen LogP contribution is -2.30. The SMILES string of the molecule is Cc1cc(/C=C(\C#N)C(=O)OC(C)C(=O)Nc2ccc3c(c2)OCO3)c(C)n1CC(C)C. The second-order valence-electron chi connectivity index (χ2n) is 8.11. The van der Waals surface area contributed by atoms with E-state index < -0.39 is 18.0 Å². The highest BCUT2D eigenvalue weighted by atomic mass is 16.7. The number of ether oxygens (including phenoxy) is 3. The first-order valence-electron chi connectivity index (χ1n) is 10.4. The number of fused-ring (bicyclic) bond motifs is 1. The maximum atomic E-state index is 12.5. The Hall–Kier alpha value is -3.73. The zero-order valence-corrected chi connectivity index (χ0v) is 18.9. The van der Waals surface area contributed by atoms with Crippen molar-refractivity contribution in [2.45, 2.75) is 47.3 Å². The van der Waals surface area contributed by atoms with E-state index >= 15 is 0 Å². The zero-order chi connectivity index (χ0) is 23.4. The van der Waals surface area contributed by atoms with Gasteiger partial charge in [0.15, 0.2) is 17.6 Å². The van der Waals surface area contributed by atoms with Crippen LogP contribution in [0.3, 0.4) is 0 Å². The number of benzene rings is 1. The van der Waals surface area contributed by atoms with Crippen molar-refractivity contribution in [3.8, 4) is 17.6 Å². The van der Waals surface area contributed by atoms with Crippen LogP contribution in [0.15, 0.2) is 29.8 Å². The van der Waals surface area contributed by atoms with E-state index in [9.17, 15) is 14.9 Å². The summed E-state index contributed by atoms with van der Waals surface area (Å²) in [5, 5.41) is 12.2. The molecule has 1 aliphatic rings. The van der Waals surface area contributed by atoms with Crippen molar-refractivity contribution in [2.75, 3.05) is 12.1 Å². The van der Waals surface area contributed by atoms with Gasteiger partial charge in [0.2, 0.25) is 6.79 Å². The second-order valence-corrected chi connectivity index (χ2v) is 8.11. The zero-order valence-electron chi connectivity index (χ0n) is 18.9. The largest absolute Gasteiger partial charge is 0.454 e. The Morgan fingerprint density at radius 1 is 1.22 bits per heavy atom. The monoisotopic (exact) mass is 437 g/mol. The molecule has 0 saturated heterocycles. The number of amides is 1. The van der Waals surface area contributed by atoms with E-state index in [2.05, 4.69) is 23.7 Å². The molecule has 1 aliphatic heterocycles. The van der Waals surface area contributed by atoms with Crippen molar-refractivity contribution in [1.82, 2.24) is 4.57 Å². The summed E-state index contributed by atoms with van der Waals surface area (Å²) in [5.74, 6) is 0.205. The van der Waals surface area contributed by atoms with Crippen LogP contribution in [0.25, 0.3) is 6.08 Å². The Morgan fingerprint density at radius 3 is 2.62 bits per heavy atom. The molecule has 0 bridgehead atoms. The number of carbonyl (C=O) groups is 2. The number of rotatable bonds is 7. The average molecular weight is 437 g/mol. The topological polar surface area (TPSA) is 103 Å². The van der Waals surface area contributed by atoms with Crippen LogP contribution in [-0.4, -0.2) is 29.3 Å². The normalized spacial score (nSPS) is 13.6. The molecule has 1 atom stereocenters. The van der Waals surface area contributed by atoms with E-state index in [1.807, 2.05) is 26.0 Å². The summed E-state index contributed by atoms with van der Waals surface area (Å²) in [6.45, 7) is 10.6. The summed E-state index contributed by atoms with van der Waals surface area (Å²) in [4.78, 5) is 25.0. The first-order valence-corrected chi connectivity index (χ1v) is 10.4. The van der Waals surface area contributed by atoms with Gasteiger partial charge in [0, 0.05) is 29.7 Å². The molecular formula is C24H27N3O5. The number of aryl methyl sites for hydroxylation is 1. The number of hydrogen-bond donors (Lipinski definition) is 1. The summed E-state index contributed by atoms with van der Waals surface area (Å²) in [5.41, 5.74) is 3.09. The predicted molar refractivity (Wildman–Crippen MR) is 119 cm³/mol. The molecule has 1 aromatic carbocycles. The van der Waals surface area contributed by atoms with E-state index in [1.54, 1.807) is 18.2 Å². The minimum atomic E-state index is -1.10. The highest BCUT2D eigenvalue weighted by molar-refractivity contribution is 6.01. The average Bonchev–Trinajstić information content (AvgIpc) is 3.30. The Kier molecular flexibility index (Phi) is 6.89. The third-order valence-corrected chi connectivity index (χ3v) is 5.09. The van der Waals surface area contributed by atoms with Crippen molar-refractivity contribution in [3.63, 3.8) is 0 Å². The van der Waals surface area contributed by atoms with Gasteiger partial charge in [-0.25, -0.2) is 4.79 Å². The van der Waals surface area contributed by atoms with Gasteiger partial charge in [-0.05, 0) is 56.5 Å². The molecule has 2 heterocycles. The molecule has 32 heavy (non-hydrogen) atoms. The van der Waals surface area contributed by atoms with Crippen molar-refractivity contribution in [1.29, 1.82) is 5.26 Å². The van der Waals surface area contributed by atoms with Crippen LogP contribution in [0.1, 0.15) is 37.7 Å². The number of nitrogens with one attached hydrogen (secondary N) is 1. The molecule has 0 radical (unpaired) electrons. The lowest BCUT2D eigenvalue weighted by molar-refractivity contribution is -0.148. The summed E-state index contributed by atoms with van der Waals surface area (Å²) in [6.07, 6.45) is 0.405. The molecule has 168 valence electrons. The van der Waals surface area contributed by atoms with Crippen LogP contribution < -0.4 is 14.8 Å². The van der Waals surface area contributed by atoms with Gasteiger partial charge in [0.1, 0.15) is 11.6 Å². The molecule has 1 amide bonds. The van der Waals surface area contributed by atoms with E-state index in [0.717, 1.165) is 23.5 Å². The molecule has 0 spiro atoms. The second kappa shape index (κ2) is 9.60. The van der Waals surface area contributed by atoms with E-state index in [4.69, 9.17) is 14.2 Å². The third kappa shape index (κ3) is 5.11. The lowest BCUT2D eigenvalue weighted by atomic mass is 10.1. The predicted octanol–water partition coefficient (Wildman–Crippen LogP) is 3.97. The summed E-state index contributed by atoms with van der Waals surface area (Å²) >= 11 is 0. The first kappa shape index (κ1) is 22.9. The van der Waals surface area contributed by atoms with Gasteiger partial charge in [-0.15, -0.1) is 0 Å². The molecule has 3 rings (SSSR count). The summed E-state index contributed by atoms with van der Waals surface area (Å²) in [7, 11) is 0. The maximum absolute atomic E-state index is 12.5. The van der Waals surface area contributed by atoms with Crippen LogP contribution in [0.2, 0.25) is 0 Å². The molecule has 2 aromatic rings. The molecule has 0 aliphatic carbocycles. The van der Waals surface area contributed by atoms with Crippen LogP contribution >= 0.6 is 0 Å². The molecular weight excluding hydrogens is 410 g/mol.